The first-order valence-electron chi connectivity index (χ1n) is 10.8. The van der Waals surface area contributed by atoms with Crippen molar-refractivity contribution in [3.63, 3.8) is 0 Å². The largest absolute Gasteiger partial charge is 0.339 e. The average Bonchev–Trinajstić information content (AvgIpc) is 3.03. The molecule has 1 saturated heterocycles. The summed E-state index contributed by atoms with van der Waals surface area (Å²) < 4.78 is 0.736. The molecule has 7 nitrogen and oxygen atoms in total. The second kappa shape index (κ2) is 9.65. The molecule has 8 heteroatoms. The van der Waals surface area contributed by atoms with Crippen LogP contribution in [-0.2, 0) is 4.79 Å². The summed E-state index contributed by atoms with van der Waals surface area (Å²) in [7, 11) is 0. The number of carbonyl (C=O) groups is 4. The smallest absolute Gasteiger partial charge is 0.261 e. The van der Waals surface area contributed by atoms with Gasteiger partial charge in [-0.15, -0.1) is 0 Å². The van der Waals surface area contributed by atoms with Crippen LogP contribution in [0.1, 0.15) is 63.2 Å². The zero-order valence-electron chi connectivity index (χ0n) is 17.6. The van der Waals surface area contributed by atoms with Crippen LogP contribution in [0.15, 0.2) is 46.9 Å². The topological polar surface area (TPSA) is 86.8 Å². The van der Waals surface area contributed by atoms with E-state index in [0.717, 1.165) is 36.8 Å². The molecule has 1 fully saturated rings. The normalized spacial score (nSPS) is 15.7. The summed E-state index contributed by atoms with van der Waals surface area (Å²) in [5.74, 6) is -0.914. The van der Waals surface area contributed by atoms with Gasteiger partial charge in [0.2, 0.25) is 5.91 Å². The maximum Gasteiger partial charge on any atom is 0.261 e. The molecule has 32 heavy (non-hydrogen) atoms. The van der Waals surface area contributed by atoms with Crippen molar-refractivity contribution in [2.24, 2.45) is 0 Å². The van der Waals surface area contributed by atoms with E-state index < -0.39 is 0 Å². The van der Waals surface area contributed by atoms with E-state index in [4.69, 9.17) is 0 Å². The lowest BCUT2D eigenvalue weighted by Gasteiger charge is -2.26. The lowest BCUT2D eigenvalue weighted by molar-refractivity contribution is -0.116. The number of carbonyl (C=O) groups excluding carboxylic acids is 4. The molecule has 2 aromatic rings. The average molecular weight is 498 g/mol. The predicted octanol–water partition coefficient (Wildman–Crippen LogP) is 4.09. The number of imide groups is 1. The van der Waals surface area contributed by atoms with Gasteiger partial charge < -0.3 is 10.2 Å². The van der Waals surface area contributed by atoms with Crippen LogP contribution in [0.3, 0.4) is 0 Å². The Kier molecular flexibility index (Phi) is 6.69. The van der Waals surface area contributed by atoms with Gasteiger partial charge in [-0.1, -0.05) is 22.0 Å². The highest BCUT2D eigenvalue weighted by Crippen LogP contribution is 2.26. The highest BCUT2D eigenvalue weighted by Gasteiger charge is 2.35. The summed E-state index contributed by atoms with van der Waals surface area (Å²) in [6.07, 6.45) is 3.70. The van der Waals surface area contributed by atoms with E-state index in [9.17, 15) is 19.2 Å². The first-order chi connectivity index (χ1) is 15.4. The Morgan fingerprint density at radius 1 is 0.938 bits per heavy atom. The number of hydrogen-bond donors (Lipinski definition) is 1. The summed E-state index contributed by atoms with van der Waals surface area (Å²) in [5.41, 5.74) is 1.88. The Bertz CT molecular complexity index is 1080. The van der Waals surface area contributed by atoms with E-state index >= 15 is 0 Å². The van der Waals surface area contributed by atoms with E-state index in [-0.39, 0.29) is 36.6 Å². The minimum Gasteiger partial charge on any atom is -0.339 e. The van der Waals surface area contributed by atoms with Gasteiger partial charge >= 0.3 is 0 Å². The minimum absolute atomic E-state index is 0.0157. The van der Waals surface area contributed by atoms with Crippen molar-refractivity contribution >= 4 is 45.2 Å². The lowest BCUT2D eigenvalue weighted by Crippen LogP contribution is -2.35. The number of fused-ring (bicyclic) bond motifs is 1. The summed E-state index contributed by atoms with van der Waals surface area (Å²) in [6, 6.07) is 11.9. The molecule has 0 unspecified atom stereocenters. The van der Waals surface area contributed by atoms with Crippen LogP contribution in [0.5, 0.6) is 0 Å². The maximum absolute atomic E-state index is 12.7. The molecular formula is C24H24BrN3O4. The Hall–Kier alpha value is -3.00. The summed E-state index contributed by atoms with van der Waals surface area (Å²) in [5, 5.41) is 2.81. The molecule has 0 spiro atoms. The van der Waals surface area contributed by atoms with E-state index in [1.165, 1.54) is 4.90 Å². The summed E-state index contributed by atoms with van der Waals surface area (Å²) in [6.45, 7) is 1.71. The number of nitrogens with one attached hydrogen (secondary N) is 1. The predicted molar refractivity (Wildman–Crippen MR) is 124 cm³/mol. The summed E-state index contributed by atoms with van der Waals surface area (Å²) in [4.78, 5) is 53.1. The monoisotopic (exact) mass is 497 g/mol. The van der Waals surface area contributed by atoms with Gasteiger partial charge in [-0.25, -0.2) is 0 Å². The molecule has 0 atom stereocenters. The fourth-order valence-electron chi connectivity index (χ4n) is 4.10. The lowest BCUT2D eigenvalue weighted by atomic mass is 10.1. The van der Waals surface area contributed by atoms with E-state index in [1.807, 2.05) is 4.90 Å². The number of likely N-dealkylation sites (tertiary alicyclic amines) is 1. The van der Waals surface area contributed by atoms with Gasteiger partial charge in [0, 0.05) is 41.8 Å². The van der Waals surface area contributed by atoms with Crippen LogP contribution >= 0.6 is 15.9 Å². The van der Waals surface area contributed by atoms with E-state index in [0.29, 0.717) is 28.8 Å². The maximum atomic E-state index is 12.7. The molecule has 2 aliphatic heterocycles. The Morgan fingerprint density at radius 3 is 2.47 bits per heavy atom. The van der Waals surface area contributed by atoms with Crippen molar-refractivity contribution in [1.29, 1.82) is 0 Å². The van der Waals surface area contributed by atoms with Gasteiger partial charge in [0.25, 0.3) is 17.7 Å². The van der Waals surface area contributed by atoms with Crippen molar-refractivity contribution in [3.8, 4) is 0 Å². The van der Waals surface area contributed by atoms with Crippen LogP contribution in [-0.4, -0.2) is 53.1 Å². The molecule has 1 N–H and O–H groups in total. The molecule has 0 aromatic heterocycles. The first kappa shape index (κ1) is 22.2. The molecule has 2 heterocycles. The zero-order chi connectivity index (χ0) is 22.7. The van der Waals surface area contributed by atoms with Crippen molar-refractivity contribution < 1.29 is 19.2 Å². The van der Waals surface area contributed by atoms with Crippen molar-refractivity contribution in [2.45, 2.75) is 32.1 Å². The van der Waals surface area contributed by atoms with Gasteiger partial charge in [0.05, 0.1) is 11.1 Å². The van der Waals surface area contributed by atoms with Crippen molar-refractivity contribution in [2.75, 3.05) is 25.0 Å². The fourth-order valence-corrected chi connectivity index (χ4v) is 4.46. The minimum atomic E-state index is -0.337. The third kappa shape index (κ3) is 4.75. The molecule has 4 amide bonds. The summed E-state index contributed by atoms with van der Waals surface area (Å²) >= 11 is 3.31. The zero-order valence-corrected chi connectivity index (χ0v) is 19.2. The first-order valence-corrected chi connectivity index (χ1v) is 11.6. The third-order valence-corrected chi connectivity index (χ3v) is 6.25. The van der Waals surface area contributed by atoms with Gasteiger partial charge in [-0.05, 0) is 62.1 Å². The molecule has 4 rings (SSSR count). The molecule has 0 aliphatic carbocycles. The Labute approximate surface area is 194 Å². The Morgan fingerprint density at radius 2 is 1.69 bits per heavy atom. The number of benzene rings is 2. The molecule has 166 valence electrons. The molecule has 0 saturated carbocycles. The standard InChI is InChI=1S/C24H24BrN3O4/c25-17-9-10-19-20(15-17)24(32)28(23(19)31)13-5-8-21(29)26-18-7-4-6-16(14-18)22(30)27-11-2-1-3-12-27/h4,6-7,9-10,14-15H,1-3,5,8,11-13H2,(H,26,29). The van der Waals surface area contributed by atoms with Crippen LogP contribution in [0.4, 0.5) is 5.69 Å². The highest BCUT2D eigenvalue weighted by molar-refractivity contribution is 9.10. The number of piperidine rings is 1. The SMILES string of the molecule is O=C(CCCN1C(=O)c2ccc(Br)cc2C1=O)Nc1cccc(C(=O)N2CCCCC2)c1. The molecular weight excluding hydrogens is 474 g/mol. The van der Waals surface area contributed by atoms with Crippen LogP contribution < -0.4 is 5.32 Å². The van der Waals surface area contributed by atoms with Crippen molar-refractivity contribution in [1.82, 2.24) is 9.80 Å². The van der Waals surface area contributed by atoms with Gasteiger partial charge in [-0.3, -0.25) is 24.1 Å². The highest BCUT2D eigenvalue weighted by atomic mass is 79.9. The quantitative estimate of drug-likeness (QED) is 0.608. The van der Waals surface area contributed by atoms with Gasteiger partial charge in [-0.2, -0.15) is 0 Å². The second-order valence-corrected chi connectivity index (χ2v) is 8.95. The Balaban J connectivity index is 1.30. The molecule has 0 bridgehead atoms. The number of halogens is 1. The van der Waals surface area contributed by atoms with Gasteiger partial charge in [0.1, 0.15) is 0 Å². The molecule has 2 aliphatic rings. The van der Waals surface area contributed by atoms with Gasteiger partial charge in [0.15, 0.2) is 0 Å². The number of rotatable bonds is 6. The second-order valence-electron chi connectivity index (χ2n) is 8.04. The van der Waals surface area contributed by atoms with Crippen LogP contribution in [0, 0.1) is 0 Å². The van der Waals surface area contributed by atoms with Crippen LogP contribution in [0.2, 0.25) is 0 Å². The van der Waals surface area contributed by atoms with E-state index in [1.54, 1.807) is 42.5 Å². The number of hydrogen-bond acceptors (Lipinski definition) is 4. The molecule has 2 aromatic carbocycles. The third-order valence-electron chi connectivity index (χ3n) is 5.75. The van der Waals surface area contributed by atoms with Crippen molar-refractivity contribution in [3.05, 3.63) is 63.6 Å². The van der Waals surface area contributed by atoms with E-state index in [2.05, 4.69) is 21.2 Å². The fraction of sp³-hybridized carbons (Fsp3) is 0.333. The number of nitrogens with zero attached hydrogens (tertiary/aromatic N) is 2. The van der Waals surface area contributed by atoms with Crippen LogP contribution in [0.25, 0.3) is 0 Å². The number of anilines is 1. The number of amides is 4. The molecule has 0 radical (unpaired) electrons.